The van der Waals surface area contributed by atoms with Crippen LogP contribution in [0.15, 0.2) is 23.8 Å². The first-order chi connectivity index (χ1) is 11.5. The Labute approximate surface area is 149 Å². The van der Waals surface area contributed by atoms with Crippen molar-refractivity contribution in [3.8, 4) is 0 Å². The average Bonchev–Trinajstić information content (AvgIpc) is 2.67. The summed E-state index contributed by atoms with van der Waals surface area (Å²) in [7, 11) is 0. The second-order valence-corrected chi connectivity index (χ2v) is 8.15. The van der Waals surface area contributed by atoms with Gasteiger partial charge in [-0.25, -0.2) is 4.79 Å². The van der Waals surface area contributed by atoms with Crippen molar-refractivity contribution in [3.63, 3.8) is 0 Å². The monoisotopic (exact) mass is 350 g/mol. The first kappa shape index (κ1) is 19.9. The summed E-state index contributed by atoms with van der Waals surface area (Å²) < 4.78 is 5.54. The van der Waals surface area contributed by atoms with Crippen LogP contribution in [0, 0.1) is 5.92 Å². The molecule has 0 saturated heterocycles. The summed E-state index contributed by atoms with van der Waals surface area (Å²) in [5.41, 5.74) is -2.99. The van der Waals surface area contributed by atoms with E-state index in [2.05, 4.69) is 0 Å². The van der Waals surface area contributed by atoms with Gasteiger partial charge in [-0.05, 0) is 51.9 Å². The Morgan fingerprint density at radius 1 is 1.04 bits per heavy atom. The van der Waals surface area contributed by atoms with E-state index in [0.717, 1.165) is 0 Å². The van der Waals surface area contributed by atoms with E-state index in [9.17, 15) is 19.8 Å². The standard InChI is InChI=1S/C20H30O5/c1-14(2)20(24)11-7-15-6-5-9-19(4,25-17(15)22)16(21)8-10-18(3,23)12-13-20/h6,12-14,23-24H,5,7-11H2,1-4H3. The Balaban J connectivity index is 2.40. The smallest absolute Gasteiger partial charge is 0.334 e. The number of aliphatic hydroxyl groups is 2. The zero-order chi connectivity index (χ0) is 18.9. The van der Waals surface area contributed by atoms with E-state index in [1.54, 1.807) is 26.0 Å². The van der Waals surface area contributed by atoms with Crippen LogP contribution < -0.4 is 0 Å². The summed E-state index contributed by atoms with van der Waals surface area (Å²) in [5, 5.41) is 21.5. The molecule has 0 aromatic rings. The second-order valence-electron chi connectivity index (χ2n) is 8.15. The Hall–Kier alpha value is -1.46. The van der Waals surface area contributed by atoms with Gasteiger partial charge in [0.05, 0.1) is 11.2 Å². The normalized spacial score (nSPS) is 37.6. The lowest BCUT2D eigenvalue weighted by molar-refractivity contribution is -0.162. The van der Waals surface area contributed by atoms with Crippen LogP contribution in [0.3, 0.4) is 0 Å². The molecule has 3 unspecified atom stereocenters. The lowest BCUT2D eigenvalue weighted by Crippen LogP contribution is -2.40. The molecule has 5 nitrogen and oxygen atoms in total. The van der Waals surface area contributed by atoms with E-state index in [-0.39, 0.29) is 24.5 Å². The van der Waals surface area contributed by atoms with Crippen molar-refractivity contribution < 1.29 is 24.5 Å². The van der Waals surface area contributed by atoms with Gasteiger partial charge in [-0.1, -0.05) is 32.1 Å². The molecule has 0 aromatic heterocycles. The number of esters is 1. The van der Waals surface area contributed by atoms with Gasteiger partial charge in [0.1, 0.15) is 0 Å². The summed E-state index contributed by atoms with van der Waals surface area (Å²) >= 11 is 0. The van der Waals surface area contributed by atoms with Gasteiger partial charge in [0.15, 0.2) is 11.4 Å². The van der Waals surface area contributed by atoms with Gasteiger partial charge >= 0.3 is 5.97 Å². The van der Waals surface area contributed by atoms with E-state index in [1.807, 2.05) is 19.9 Å². The highest BCUT2D eigenvalue weighted by Gasteiger charge is 2.40. The van der Waals surface area contributed by atoms with E-state index in [4.69, 9.17) is 4.74 Å². The molecule has 5 heteroatoms. The molecular formula is C20H30O5. The third-order valence-electron chi connectivity index (χ3n) is 5.57. The van der Waals surface area contributed by atoms with Gasteiger partial charge < -0.3 is 14.9 Å². The third kappa shape index (κ3) is 4.59. The highest BCUT2D eigenvalue weighted by atomic mass is 16.6. The molecule has 2 rings (SSSR count). The fourth-order valence-electron chi connectivity index (χ4n) is 3.26. The lowest BCUT2D eigenvalue weighted by Gasteiger charge is -2.30. The first-order valence-electron chi connectivity index (χ1n) is 9.08. The maximum Gasteiger partial charge on any atom is 0.334 e. The predicted octanol–water partition coefficient (Wildman–Crippen LogP) is 2.85. The second kappa shape index (κ2) is 7.04. The number of fused-ring (bicyclic) bond motifs is 3. The van der Waals surface area contributed by atoms with Crippen LogP contribution in [0.1, 0.15) is 66.2 Å². The van der Waals surface area contributed by atoms with Crippen molar-refractivity contribution in [3.05, 3.63) is 23.8 Å². The molecule has 2 N–H and O–H groups in total. The first-order valence-corrected chi connectivity index (χ1v) is 9.08. The zero-order valence-electron chi connectivity index (χ0n) is 15.7. The van der Waals surface area contributed by atoms with Crippen LogP contribution in [0.4, 0.5) is 0 Å². The van der Waals surface area contributed by atoms with Crippen LogP contribution in [0.2, 0.25) is 0 Å². The SMILES string of the molecule is CC(C)C1(O)C=CC(C)(O)CCC(=O)C2(C)CCC=C(CC1)C(=O)O2. The maximum atomic E-state index is 12.6. The molecule has 0 amide bonds. The van der Waals surface area contributed by atoms with Gasteiger partial charge in [0.2, 0.25) is 0 Å². The molecule has 0 fully saturated rings. The molecule has 2 aliphatic rings. The van der Waals surface area contributed by atoms with Crippen molar-refractivity contribution in [2.45, 2.75) is 83.0 Å². The van der Waals surface area contributed by atoms with Crippen molar-refractivity contribution in [2.24, 2.45) is 5.92 Å². The molecular weight excluding hydrogens is 320 g/mol. The molecule has 0 saturated carbocycles. The largest absolute Gasteiger partial charge is 0.448 e. The Bertz CT molecular complexity index is 601. The minimum absolute atomic E-state index is 0.0843. The van der Waals surface area contributed by atoms with E-state index in [0.29, 0.717) is 31.3 Å². The lowest BCUT2D eigenvalue weighted by atomic mass is 9.82. The summed E-state index contributed by atoms with van der Waals surface area (Å²) in [6.45, 7) is 7.07. The molecule has 3 atom stereocenters. The number of rotatable bonds is 1. The summed E-state index contributed by atoms with van der Waals surface area (Å²) in [5.74, 6) is -0.740. The van der Waals surface area contributed by atoms with Gasteiger partial charge in [0.25, 0.3) is 0 Å². The molecule has 0 aromatic carbocycles. The van der Waals surface area contributed by atoms with Crippen LogP contribution in [0.5, 0.6) is 0 Å². The van der Waals surface area contributed by atoms with Gasteiger partial charge in [-0.15, -0.1) is 0 Å². The summed E-state index contributed by atoms with van der Waals surface area (Å²) in [6.07, 6.45) is 7.07. The molecule has 0 radical (unpaired) electrons. The highest BCUT2D eigenvalue weighted by molar-refractivity contribution is 5.94. The Kier molecular flexibility index (Phi) is 5.59. The Morgan fingerprint density at radius 2 is 1.72 bits per heavy atom. The maximum absolute atomic E-state index is 12.6. The number of ketones is 1. The summed E-state index contributed by atoms with van der Waals surface area (Å²) in [4.78, 5) is 25.1. The highest BCUT2D eigenvalue weighted by Crippen LogP contribution is 2.33. The van der Waals surface area contributed by atoms with E-state index >= 15 is 0 Å². The fourth-order valence-corrected chi connectivity index (χ4v) is 3.26. The number of allylic oxidation sites excluding steroid dienone is 1. The van der Waals surface area contributed by atoms with Crippen molar-refractivity contribution >= 4 is 11.8 Å². The molecule has 2 aliphatic heterocycles. The van der Waals surface area contributed by atoms with Crippen molar-refractivity contribution in [1.82, 2.24) is 0 Å². The number of Topliss-reactive ketones (excluding diaryl/α,β-unsaturated/α-hetero) is 1. The number of hydrogen-bond donors (Lipinski definition) is 2. The number of hydrogen-bond acceptors (Lipinski definition) is 5. The number of ether oxygens (including phenoxy) is 1. The van der Waals surface area contributed by atoms with Crippen LogP contribution in [0.25, 0.3) is 0 Å². The van der Waals surface area contributed by atoms with Crippen LogP contribution >= 0.6 is 0 Å². The number of carbonyl (C=O) groups excluding carboxylic acids is 2. The topological polar surface area (TPSA) is 83.8 Å². The minimum atomic E-state index is -1.21. The third-order valence-corrected chi connectivity index (χ3v) is 5.57. The quantitative estimate of drug-likeness (QED) is 0.561. The van der Waals surface area contributed by atoms with Crippen LogP contribution in [-0.2, 0) is 14.3 Å². The molecule has 2 bridgehead atoms. The number of carbonyl (C=O) groups is 2. The Morgan fingerprint density at radius 3 is 2.36 bits per heavy atom. The van der Waals surface area contributed by atoms with Crippen molar-refractivity contribution in [2.75, 3.05) is 0 Å². The predicted molar refractivity (Wildman–Crippen MR) is 94.8 cm³/mol. The fraction of sp³-hybridized carbons (Fsp3) is 0.700. The van der Waals surface area contributed by atoms with Crippen LogP contribution in [-0.4, -0.2) is 38.8 Å². The molecule has 140 valence electrons. The molecule has 0 aliphatic carbocycles. The average molecular weight is 350 g/mol. The van der Waals surface area contributed by atoms with Gasteiger partial charge in [-0.2, -0.15) is 0 Å². The molecule has 25 heavy (non-hydrogen) atoms. The molecule has 0 spiro atoms. The van der Waals surface area contributed by atoms with E-state index < -0.39 is 22.8 Å². The van der Waals surface area contributed by atoms with Crippen molar-refractivity contribution in [1.29, 1.82) is 0 Å². The minimum Gasteiger partial charge on any atom is -0.448 e. The van der Waals surface area contributed by atoms with E-state index in [1.165, 1.54) is 0 Å². The van der Waals surface area contributed by atoms with Gasteiger partial charge in [0, 0.05) is 12.0 Å². The van der Waals surface area contributed by atoms with Gasteiger partial charge in [-0.3, -0.25) is 4.79 Å². The molecule has 2 heterocycles. The zero-order valence-corrected chi connectivity index (χ0v) is 15.7. The summed E-state index contributed by atoms with van der Waals surface area (Å²) in [6, 6.07) is 0.